The van der Waals surface area contributed by atoms with E-state index in [1.165, 1.54) is 19.3 Å². The largest absolute Gasteiger partial charge is 0.726 e. The Bertz CT molecular complexity index is 311. The Morgan fingerprint density at radius 1 is 1.53 bits per heavy atom. The summed E-state index contributed by atoms with van der Waals surface area (Å²) in [5, 5.41) is 3.30. The fourth-order valence-corrected chi connectivity index (χ4v) is 1.47. The van der Waals surface area contributed by atoms with E-state index in [0.717, 1.165) is 13.0 Å². The molecule has 1 N–H and O–H groups in total. The van der Waals surface area contributed by atoms with Gasteiger partial charge in [0.05, 0.1) is 13.7 Å². The van der Waals surface area contributed by atoms with E-state index in [1.807, 2.05) is 0 Å². The third kappa shape index (κ3) is 7.29. The Morgan fingerprint density at radius 2 is 2.13 bits per heavy atom. The van der Waals surface area contributed by atoms with Crippen molar-refractivity contribution < 1.29 is 21.7 Å². The van der Waals surface area contributed by atoms with E-state index in [4.69, 9.17) is 0 Å². The van der Waals surface area contributed by atoms with Crippen LogP contribution in [0.3, 0.4) is 0 Å². The topological polar surface area (TPSA) is 81.5 Å². The number of rotatable bonds is 3. The molecule has 0 unspecified atom stereocenters. The van der Waals surface area contributed by atoms with Crippen molar-refractivity contribution in [2.75, 3.05) is 26.7 Å². The summed E-state index contributed by atoms with van der Waals surface area (Å²) in [6, 6.07) is 0. The predicted molar refractivity (Wildman–Crippen MR) is 55.7 cm³/mol. The molecule has 1 aliphatic heterocycles. The van der Waals surface area contributed by atoms with Gasteiger partial charge in [-0.1, -0.05) is 6.92 Å². The maximum absolute atomic E-state index is 9.45. The van der Waals surface area contributed by atoms with Crippen LogP contribution in [0.15, 0.2) is 0 Å². The van der Waals surface area contributed by atoms with Crippen LogP contribution in [0.4, 0.5) is 0 Å². The number of nitrogens with zero attached hydrogens (tertiary/aromatic N) is 1. The maximum atomic E-state index is 9.45. The van der Waals surface area contributed by atoms with Crippen molar-refractivity contribution in [2.45, 2.75) is 20.3 Å². The summed E-state index contributed by atoms with van der Waals surface area (Å²) in [7, 11) is -2.30. The molecule has 0 aromatic carbocycles. The molecular formula is C8H18N2O4S. The van der Waals surface area contributed by atoms with Crippen LogP contribution >= 0.6 is 0 Å². The van der Waals surface area contributed by atoms with Gasteiger partial charge in [0.2, 0.25) is 16.2 Å². The molecule has 0 aliphatic carbocycles. The summed E-state index contributed by atoms with van der Waals surface area (Å²) in [5.41, 5.74) is 0. The third-order valence-corrected chi connectivity index (χ3v) is 2.36. The minimum atomic E-state index is -4.42. The highest BCUT2D eigenvalue weighted by Crippen LogP contribution is 1.86. The number of nitrogens with one attached hydrogen (secondary N) is 1. The lowest BCUT2D eigenvalue weighted by molar-refractivity contribution is -0.487. The highest BCUT2D eigenvalue weighted by molar-refractivity contribution is 7.80. The van der Waals surface area contributed by atoms with E-state index in [-0.39, 0.29) is 6.61 Å². The van der Waals surface area contributed by atoms with E-state index < -0.39 is 10.4 Å². The van der Waals surface area contributed by atoms with Gasteiger partial charge in [0.1, 0.15) is 13.1 Å². The molecule has 0 saturated carbocycles. The molecule has 0 spiro atoms. The van der Waals surface area contributed by atoms with E-state index in [1.54, 1.807) is 0 Å². The van der Waals surface area contributed by atoms with Crippen LogP contribution in [-0.4, -0.2) is 50.1 Å². The zero-order chi connectivity index (χ0) is 11.9. The number of likely N-dealkylation sites (N-methyl/N-ethyl adjacent to an activating group) is 1. The Kier molecular flexibility index (Phi) is 6.46. The monoisotopic (exact) mass is 238 g/mol. The first-order valence-electron chi connectivity index (χ1n) is 4.81. The molecule has 0 aromatic rings. The van der Waals surface area contributed by atoms with Gasteiger partial charge in [-0.2, -0.15) is 0 Å². The molecule has 6 nitrogen and oxygen atoms in total. The zero-order valence-electron chi connectivity index (χ0n) is 9.32. The van der Waals surface area contributed by atoms with Crippen LogP contribution in [0.2, 0.25) is 0 Å². The lowest BCUT2D eigenvalue weighted by atomic mass is 10.4. The fourth-order valence-electron chi connectivity index (χ4n) is 1.18. The molecule has 1 heterocycles. The Hall–Kier alpha value is -0.660. The van der Waals surface area contributed by atoms with Crippen LogP contribution in [0.1, 0.15) is 20.3 Å². The van der Waals surface area contributed by atoms with Crippen LogP contribution in [0.25, 0.3) is 0 Å². The average molecular weight is 238 g/mol. The smallest absolute Gasteiger partial charge is 0.244 e. The van der Waals surface area contributed by atoms with Gasteiger partial charge in [0.25, 0.3) is 0 Å². The third-order valence-electron chi connectivity index (χ3n) is 1.83. The predicted octanol–water partition coefficient (Wildman–Crippen LogP) is -0.476. The lowest BCUT2D eigenvalue weighted by Gasteiger charge is -2.02. The molecule has 0 atom stereocenters. The van der Waals surface area contributed by atoms with Crippen molar-refractivity contribution >= 4 is 16.2 Å². The molecule has 7 heteroatoms. The normalized spacial score (nSPS) is 15.7. The van der Waals surface area contributed by atoms with Gasteiger partial charge in [0.15, 0.2) is 0 Å². The van der Waals surface area contributed by atoms with Crippen LogP contribution in [-0.2, 0) is 14.6 Å². The van der Waals surface area contributed by atoms with E-state index in [0.29, 0.717) is 0 Å². The Morgan fingerprint density at radius 3 is 2.27 bits per heavy atom. The van der Waals surface area contributed by atoms with E-state index in [2.05, 4.69) is 28.0 Å². The van der Waals surface area contributed by atoms with Crippen molar-refractivity contribution in [2.24, 2.45) is 0 Å². The second-order valence-electron chi connectivity index (χ2n) is 2.96. The number of amidine groups is 1. The van der Waals surface area contributed by atoms with Gasteiger partial charge in [-0.05, 0) is 6.92 Å². The van der Waals surface area contributed by atoms with Crippen molar-refractivity contribution in [1.29, 1.82) is 0 Å². The first-order valence-corrected chi connectivity index (χ1v) is 6.15. The molecular weight excluding hydrogens is 220 g/mol. The second-order valence-corrected chi connectivity index (χ2v) is 4.02. The van der Waals surface area contributed by atoms with Gasteiger partial charge in [-0.15, -0.1) is 0 Å². The summed E-state index contributed by atoms with van der Waals surface area (Å²) in [4.78, 5) is 0. The molecule has 1 aliphatic rings. The van der Waals surface area contributed by atoms with Crippen LogP contribution < -0.4 is 5.32 Å². The summed E-state index contributed by atoms with van der Waals surface area (Å²) < 4.78 is 34.3. The van der Waals surface area contributed by atoms with Gasteiger partial charge < -0.3 is 4.55 Å². The number of hydrogen-bond donors (Lipinski definition) is 1. The van der Waals surface area contributed by atoms with Gasteiger partial charge in [-0.25, -0.2) is 8.42 Å². The summed E-state index contributed by atoms with van der Waals surface area (Å²) >= 11 is 0. The average Bonchev–Trinajstić information content (AvgIpc) is 2.49. The molecule has 0 amide bonds. The molecule has 90 valence electrons. The molecule has 0 radical (unpaired) electrons. The molecule has 0 aromatic heterocycles. The first-order chi connectivity index (χ1) is 6.90. The van der Waals surface area contributed by atoms with Gasteiger partial charge in [-0.3, -0.25) is 14.1 Å². The van der Waals surface area contributed by atoms with Crippen molar-refractivity contribution in [3.63, 3.8) is 0 Å². The maximum Gasteiger partial charge on any atom is 0.244 e. The highest BCUT2D eigenvalue weighted by Gasteiger charge is 2.13. The Balaban J connectivity index is 0.000000265. The summed E-state index contributed by atoms with van der Waals surface area (Å²) in [5.74, 6) is 1.38. The van der Waals surface area contributed by atoms with E-state index in [9.17, 15) is 13.0 Å². The van der Waals surface area contributed by atoms with Crippen molar-refractivity contribution in [1.82, 2.24) is 5.32 Å². The molecule has 1 rings (SSSR count). The molecule has 15 heavy (non-hydrogen) atoms. The SMILES string of the molecule is CCC1=[N+](C)CCN1.CCOS(=O)(=O)[O-]. The lowest BCUT2D eigenvalue weighted by Crippen LogP contribution is -2.19. The highest BCUT2D eigenvalue weighted by atomic mass is 32.3. The second kappa shape index (κ2) is 6.76. The molecule has 0 bridgehead atoms. The minimum Gasteiger partial charge on any atom is -0.726 e. The number of hydrogen-bond acceptors (Lipinski definition) is 5. The van der Waals surface area contributed by atoms with Crippen LogP contribution in [0.5, 0.6) is 0 Å². The van der Waals surface area contributed by atoms with Crippen molar-refractivity contribution in [3.8, 4) is 0 Å². The summed E-state index contributed by atoms with van der Waals surface area (Å²) in [6.45, 7) is 5.80. The molecule has 0 saturated heterocycles. The molecule has 0 fully saturated rings. The fraction of sp³-hybridized carbons (Fsp3) is 0.875. The minimum absolute atomic E-state index is 0.0914. The summed E-state index contributed by atoms with van der Waals surface area (Å²) in [6.07, 6.45) is 1.14. The zero-order valence-corrected chi connectivity index (χ0v) is 10.1. The standard InChI is InChI=1S/C6H12N2.C2H6O4S/c1-3-6-7-4-5-8(6)2;1-2-6-7(3,4)5/h3-5H2,1-2H3;2H2,1H3,(H,3,4,5). The van der Waals surface area contributed by atoms with Gasteiger partial charge in [0, 0.05) is 6.42 Å². The van der Waals surface area contributed by atoms with Gasteiger partial charge >= 0.3 is 0 Å². The first kappa shape index (κ1) is 14.3. The Labute approximate surface area is 90.9 Å². The van der Waals surface area contributed by atoms with Crippen molar-refractivity contribution in [3.05, 3.63) is 0 Å². The quantitative estimate of drug-likeness (QED) is 0.408. The van der Waals surface area contributed by atoms with Crippen LogP contribution in [0, 0.1) is 0 Å². The van der Waals surface area contributed by atoms with E-state index >= 15 is 0 Å².